The normalized spacial score (nSPS) is 22.7. The van der Waals surface area contributed by atoms with Crippen LogP contribution in [0.2, 0.25) is 5.02 Å². The molecular weight excluding hydrogens is 327 g/mol. The van der Waals surface area contributed by atoms with Gasteiger partial charge in [0.05, 0.1) is 17.9 Å². The molecule has 0 amide bonds. The van der Waals surface area contributed by atoms with Gasteiger partial charge < -0.3 is 9.31 Å². The predicted octanol–water partition coefficient (Wildman–Crippen LogP) is 3.36. The van der Waals surface area contributed by atoms with Gasteiger partial charge in [0, 0.05) is 24.7 Å². The Kier molecular flexibility index (Phi) is 5.00. The summed E-state index contributed by atoms with van der Waals surface area (Å²) in [5.74, 6) is 0. The second kappa shape index (κ2) is 6.60. The van der Waals surface area contributed by atoms with E-state index in [4.69, 9.17) is 20.9 Å². The molecule has 0 unspecified atom stereocenters. The van der Waals surface area contributed by atoms with Gasteiger partial charge in [-0.1, -0.05) is 17.7 Å². The molecule has 0 bridgehead atoms. The highest BCUT2D eigenvalue weighted by molar-refractivity contribution is 6.62. The summed E-state index contributed by atoms with van der Waals surface area (Å²) < 4.78 is 24.7. The first-order valence-electron chi connectivity index (χ1n) is 8.69. The van der Waals surface area contributed by atoms with Gasteiger partial charge in [0.2, 0.25) is 0 Å². The van der Waals surface area contributed by atoms with Gasteiger partial charge in [-0.3, -0.25) is 9.29 Å². The summed E-state index contributed by atoms with van der Waals surface area (Å²) in [6, 6.07) is 4.12. The number of benzene rings is 1. The van der Waals surface area contributed by atoms with Crippen LogP contribution in [0, 0.1) is 0 Å². The lowest BCUT2D eigenvalue weighted by Gasteiger charge is -2.32. The number of hydrogen-bond donors (Lipinski definition) is 0. The smallest absolute Gasteiger partial charge is 0.399 e. The Morgan fingerprint density at radius 3 is 2.50 bits per heavy atom. The summed E-state index contributed by atoms with van der Waals surface area (Å²) in [5.41, 5.74) is 2.67. The fourth-order valence-corrected chi connectivity index (χ4v) is 3.59. The average Bonchev–Trinajstić information content (AvgIpc) is 2.73. The van der Waals surface area contributed by atoms with Gasteiger partial charge in [-0.2, -0.15) is 0 Å². The highest BCUT2D eigenvalue weighted by atomic mass is 35.5. The van der Waals surface area contributed by atoms with Crippen molar-refractivity contribution in [2.45, 2.75) is 58.3 Å². The van der Waals surface area contributed by atoms with Crippen molar-refractivity contribution in [2.75, 3.05) is 19.8 Å². The molecule has 0 aromatic heterocycles. The molecule has 3 rings (SSSR count). The number of rotatable bonds is 4. The molecule has 132 valence electrons. The fourth-order valence-electron chi connectivity index (χ4n) is 3.29. The molecule has 1 saturated heterocycles. The van der Waals surface area contributed by atoms with Crippen molar-refractivity contribution in [3.05, 3.63) is 28.3 Å². The zero-order valence-corrected chi connectivity index (χ0v) is 15.8. The third-order valence-electron chi connectivity index (χ3n) is 5.52. The number of nitrogens with zero attached hydrogens (tertiary/aromatic N) is 1. The summed E-state index contributed by atoms with van der Waals surface area (Å²) in [6.45, 7) is 10.5. The van der Waals surface area contributed by atoms with E-state index in [9.17, 15) is 4.39 Å². The van der Waals surface area contributed by atoms with Gasteiger partial charge in [0.25, 0.3) is 0 Å². The zero-order valence-electron chi connectivity index (χ0n) is 15.0. The van der Waals surface area contributed by atoms with Crippen molar-refractivity contribution in [1.82, 2.24) is 4.90 Å². The summed E-state index contributed by atoms with van der Waals surface area (Å²) in [7, 11) is -0.387. The van der Waals surface area contributed by atoms with Gasteiger partial charge in [-0.05, 0) is 63.2 Å². The van der Waals surface area contributed by atoms with Crippen LogP contribution in [0.25, 0.3) is 0 Å². The van der Waals surface area contributed by atoms with Gasteiger partial charge in [-0.25, -0.2) is 0 Å². The molecule has 24 heavy (non-hydrogen) atoms. The van der Waals surface area contributed by atoms with Crippen molar-refractivity contribution < 1.29 is 13.7 Å². The van der Waals surface area contributed by atoms with Crippen LogP contribution in [0.3, 0.4) is 0 Å². The minimum absolute atomic E-state index is 0.266. The van der Waals surface area contributed by atoms with Crippen molar-refractivity contribution >= 4 is 24.2 Å². The largest absolute Gasteiger partial charge is 0.494 e. The van der Waals surface area contributed by atoms with Gasteiger partial charge in [0.1, 0.15) is 0 Å². The van der Waals surface area contributed by atoms with E-state index in [2.05, 4.69) is 38.7 Å². The Morgan fingerprint density at radius 1 is 1.21 bits per heavy atom. The van der Waals surface area contributed by atoms with Crippen LogP contribution in [0.4, 0.5) is 4.39 Å². The second-order valence-corrected chi connectivity index (χ2v) is 8.20. The van der Waals surface area contributed by atoms with Crippen LogP contribution < -0.4 is 5.46 Å². The van der Waals surface area contributed by atoms with E-state index in [-0.39, 0.29) is 25.0 Å². The van der Waals surface area contributed by atoms with E-state index >= 15 is 0 Å². The lowest BCUT2D eigenvalue weighted by Crippen LogP contribution is -2.41. The van der Waals surface area contributed by atoms with E-state index in [1.165, 1.54) is 5.56 Å². The molecule has 0 saturated carbocycles. The molecule has 2 aliphatic heterocycles. The van der Waals surface area contributed by atoms with Gasteiger partial charge in [0.15, 0.2) is 0 Å². The maximum absolute atomic E-state index is 12.4. The number of halogens is 2. The van der Waals surface area contributed by atoms with E-state index < -0.39 is 0 Å². The monoisotopic (exact) mass is 353 g/mol. The van der Waals surface area contributed by atoms with E-state index in [1.807, 2.05) is 6.07 Å². The molecule has 1 aromatic carbocycles. The van der Waals surface area contributed by atoms with Crippen LogP contribution in [0.5, 0.6) is 0 Å². The maximum Gasteiger partial charge on any atom is 0.494 e. The maximum atomic E-state index is 12.4. The number of fused-ring (bicyclic) bond motifs is 1. The SMILES string of the molecule is CC1(C)OB(c2cc(Cl)c3c(c2)CCN(CCCF)C3)OC1(C)C. The zero-order chi connectivity index (χ0) is 17.5. The first-order valence-corrected chi connectivity index (χ1v) is 9.06. The summed E-state index contributed by atoms with van der Waals surface area (Å²) in [6.07, 6.45) is 1.51. The highest BCUT2D eigenvalue weighted by Crippen LogP contribution is 2.37. The Hall–Kier alpha value is -0.615. The third-order valence-corrected chi connectivity index (χ3v) is 5.86. The van der Waals surface area contributed by atoms with Crippen LogP contribution in [-0.2, 0) is 22.3 Å². The molecule has 0 aliphatic carbocycles. The highest BCUT2D eigenvalue weighted by Gasteiger charge is 2.51. The predicted molar refractivity (Wildman–Crippen MR) is 96.7 cm³/mol. The minimum Gasteiger partial charge on any atom is -0.399 e. The quantitative estimate of drug-likeness (QED) is 0.775. The fraction of sp³-hybridized carbons (Fsp3) is 0.667. The number of hydrogen-bond acceptors (Lipinski definition) is 3. The first kappa shape index (κ1) is 18.2. The summed E-state index contributed by atoms with van der Waals surface area (Å²) in [5, 5.41) is 0.752. The molecule has 3 nitrogen and oxygen atoms in total. The average molecular weight is 354 g/mol. The summed E-state index contributed by atoms with van der Waals surface area (Å²) >= 11 is 6.56. The molecule has 2 aliphatic rings. The van der Waals surface area contributed by atoms with Crippen LogP contribution in [-0.4, -0.2) is 43.0 Å². The summed E-state index contributed by atoms with van der Waals surface area (Å²) in [4.78, 5) is 2.27. The van der Waals surface area contributed by atoms with Crippen LogP contribution in [0.1, 0.15) is 45.2 Å². The molecule has 0 radical (unpaired) electrons. The molecule has 6 heteroatoms. The topological polar surface area (TPSA) is 21.7 Å². The van der Waals surface area contributed by atoms with E-state index in [0.717, 1.165) is 42.1 Å². The van der Waals surface area contributed by atoms with E-state index in [1.54, 1.807) is 0 Å². The Morgan fingerprint density at radius 2 is 1.88 bits per heavy atom. The van der Waals surface area contributed by atoms with E-state index in [0.29, 0.717) is 6.42 Å². The van der Waals surface area contributed by atoms with Crippen LogP contribution >= 0.6 is 11.6 Å². The van der Waals surface area contributed by atoms with Crippen LogP contribution in [0.15, 0.2) is 12.1 Å². The Labute approximate surface area is 149 Å². The standard InChI is InChI=1S/C18H26BClFNO2/c1-17(2)18(3,4)24-19(23-17)14-10-13-6-9-22(8-5-7-21)12-15(13)16(20)11-14/h10-11H,5-9,12H2,1-4H3. The molecule has 0 spiro atoms. The molecule has 1 fully saturated rings. The Bertz CT molecular complexity index is 607. The molecular formula is C18H26BClFNO2. The molecule has 0 atom stereocenters. The minimum atomic E-state index is -0.387. The van der Waals surface area contributed by atoms with Gasteiger partial charge >= 0.3 is 7.12 Å². The van der Waals surface area contributed by atoms with Crippen molar-refractivity contribution in [2.24, 2.45) is 0 Å². The third kappa shape index (κ3) is 3.37. The molecule has 1 aromatic rings. The lowest BCUT2D eigenvalue weighted by atomic mass is 9.77. The first-order chi connectivity index (χ1) is 11.2. The number of alkyl halides is 1. The second-order valence-electron chi connectivity index (χ2n) is 7.80. The van der Waals surface area contributed by atoms with Crippen molar-refractivity contribution in [3.8, 4) is 0 Å². The van der Waals surface area contributed by atoms with Crippen molar-refractivity contribution in [3.63, 3.8) is 0 Å². The molecule has 2 heterocycles. The van der Waals surface area contributed by atoms with Gasteiger partial charge in [-0.15, -0.1) is 0 Å². The van der Waals surface area contributed by atoms with Crippen molar-refractivity contribution in [1.29, 1.82) is 0 Å². The Balaban J connectivity index is 1.81. The molecule has 0 N–H and O–H groups in total. The lowest BCUT2D eigenvalue weighted by molar-refractivity contribution is 0.00578.